The minimum absolute atomic E-state index is 0.139. The first-order valence-corrected chi connectivity index (χ1v) is 7.09. The van der Waals surface area contributed by atoms with E-state index >= 15 is 0 Å². The minimum Gasteiger partial charge on any atom is -0.393 e. The first-order valence-electron chi connectivity index (χ1n) is 6.68. The normalized spacial score (nSPS) is 12.9. The van der Waals surface area contributed by atoms with Gasteiger partial charge in [0.15, 0.2) is 0 Å². The van der Waals surface area contributed by atoms with Gasteiger partial charge in [0.2, 0.25) is 0 Å². The van der Waals surface area contributed by atoms with Gasteiger partial charge in [-0.1, -0.05) is 42.5 Å². The molecule has 0 aliphatic carbocycles. The highest BCUT2D eigenvalue weighted by atomic mass is 32.1. The lowest BCUT2D eigenvalue weighted by molar-refractivity contribution is 0.298. The van der Waals surface area contributed by atoms with Crippen LogP contribution in [-0.2, 0) is 0 Å². The van der Waals surface area contributed by atoms with E-state index in [1.807, 2.05) is 18.2 Å². The summed E-state index contributed by atoms with van der Waals surface area (Å²) in [4.78, 5) is 5.09. The van der Waals surface area contributed by atoms with E-state index in [0.717, 1.165) is 26.1 Å². The maximum atomic E-state index is 5.89. The summed E-state index contributed by atoms with van der Waals surface area (Å²) in [5.41, 5.74) is 7.09. The molecule has 0 spiro atoms. The molecule has 106 valence electrons. The van der Waals surface area contributed by atoms with Crippen molar-refractivity contribution in [2.45, 2.75) is 12.3 Å². The number of thiocarbonyl (C=S) groups is 1. The molecule has 19 heavy (non-hydrogen) atoms. The third-order valence-electron chi connectivity index (χ3n) is 3.18. The van der Waals surface area contributed by atoms with Crippen molar-refractivity contribution in [1.82, 2.24) is 9.80 Å². The van der Waals surface area contributed by atoms with E-state index in [-0.39, 0.29) is 5.92 Å². The Morgan fingerprint density at radius 3 is 2.32 bits per heavy atom. The van der Waals surface area contributed by atoms with E-state index in [0.29, 0.717) is 4.99 Å². The van der Waals surface area contributed by atoms with Gasteiger partial charge in [-0.2, -0.15) is 0 Å². The van der Waals surface area contributed by atoms with Crippen LogP contribution in [-0.4, -0.2) is 55.6 Å². The lowest BCUT2D eigenvalue weighted by Crippen LogP contribution is -2.33. The van der Waals surface area contributed by atoms with Crippen LogP contribution in [0.3, 0.4) is 0 Å². The Kier molecular flexibility index (Phi) is 6.99. The minimum atomic E-state index is 0.139. The molecule has 1 atom stereocenters. The third-order valence-corrected chi connectivity index (χ3v) is 3.47. The van der Waals surface area contributed by atoms with E-state index in [1.165, 1.54) is 5.56 Å². The maximum absolute atomic E-state index is 5.89. The van der Waals surface area contributed by atoms with Gasteiger partial charge in [-0.3, -0.25) is 0 Å². The second-order valence-corrected chi connectivity index (χ2v) is 5.76. The molecule has 0 aliphatic rings. The van der Waals surface area contributed by atoms with E-state index in [1.54, 1.807) is 0 Å². The highest BCUT2D eigenvalue weighted by Crippen LogP contribution is 2.17. The number of nitrogens with two attached hydrogens (primary N) is 1. The van der Waals surface area contributed by atoms with Crippen molar-refractivity contribution in [3.63, 3.8) is 0 Å². The summed E-state index contributed by atoms with van der Waals surface area (Å²) >= 11 is 5.21. The van der Waals surface area contributed by atoms with Crippen molar-refractivity contribution in [2.75, 3.05) is 40.8 Å². The Morgan fingerprint density at radius 1 is 1.16 bits per heavy atom. The summed E-state index contributed by atoms with van der Waals surface area (Å²) in [7, 11) is 6.33. The Morgan fingerprint density at radius 2 is 1.79 bits per heavy atom. The molecule has 0 aliphatic heterocycles. The van der Waals surface area contributed by atoms with Gasteiger partial charge in [-0.25, -0.2) is 0 Å². The molecule has 1 rings (SSSR count). The molecule has 0 saturated heterocycles. The topological polar surface area (TPSA) is 32.5 Å². The average Bonchev–Trinajstić information content (AvgIpc) is 2.36. The fraction of sp³-hybridized carbons (Fsp3) is 0.533. The summed E-state index contributed by atoms with van der Waals surface area (Å²) in [6.07, 6.45) is 1.16. The van der Waals surface area contributed by atoms with Crippen LogP contribution in [0.15, 0.2) is 30.3 Å². The van der Waals surface area contributed by atoms with Crippen LogP contribution >= 0.6 is 12.2 Å². The summed E-state index contributed by atoms with van der Waals surface area (Å²) in [6.45, 7) is 3.05. The largest absolute Gasteiger partial charge is 0.393 e. The Balaban J connectivity index is 2.53. The predicted octanol–water partition coefficient (Wildman–Crippen LogP) is 1.94. The summed E-state index contributed by atoms with van der Waals surface area (Å²) in [5.74, 6) is 0.139. The van der Waals surface area contributed by atoms with E-state index in [9.17, 15) is 0 Å². The van der Waals surface area contributed by atoms with E-state index in [2.05, 4.69) is 43.1 Å². The lowest BCUT2D eigenvalue weighted by atomic mass is 9.98. The van der Waals surface area contributed by atoms with Gasteiger partial charge in [0.25, 0.3) is 0 Å². The van der Waals surface area contributed by atoms with Crippen LogP contribution < -0.4 is 5.73 Å². The third kappa shape index (κ3) is 6.14. The van der Waals surface area contributed by atoms with Crippen LogP contribution in [0.5, 0.6) is 0 Å². The van der Waals surface area contributed by atoms with Gasteiger partial charge in [0.1, 0.15) is 0 Å². The average molecular weight is 279 g/mol. The van der Waals surface area contributed by atoms with Crippen molar-refractivity contribution in [3.8, 4) is 0 Å². The highest BCUT2D eigenvalue weighted by molar-refractivity contribution is 7.80. The van der Waals surface area contributed by atoms with Gasteiger partial charge >= 0.3 is 0 Å². The second kappa shape index (κ2) is 8.25. The standard InChI is InChI=1S/C15H25N3S/c1-17(2)10-7-11-18(3)12-14(15(16)19)13-8-5-4-6-9-13/h4-6,8-9,14H,7,10-12H2,1-3H3,(H2,16,19). The molecule has 0 radical (unpaired) electrons. The summed E-state index contributed by atoms with van der Waals surface area (Å²) in [5, 5.41) is 0. The molecule has 0 fully saturated rings. The van der Waals surface area contributed by atoms with Gasteiger partial charge in [-0.15, -0.1) is 0 Å². The molecule has 1 aromatic rings. The zero-order valence-corrected chi connectivity index (χ0v) is 13.0. The summed E-state index contributed by atoms with van der Waals surface area (Å²) in [6, 6.07) is 10.3. The molecule has 4 heteroatoms. The van der Waals surface area contributed by atoms with Gasteiger partial charge in [0, 0.05) is 12.5 Å². The fourth-order valence-corrected chi connectivity index (χ4v) is 2.32. The predicted molar refractivity (Wildman–Crippen MR) is 86.6 cm³/mol. The Labute approximate surface area is 122 Å². The monoisotopic (exact) mass is 279 g/mol. The summed E-state index contributed by atoms with van der Waals surface area (Å²) < 4.78 is 0. The van der Waals surface area contributed by atoms with Gasteiger partial charge < -0.3 is 15.5 Å². The Bertz CT molecular complexity index is 378. The van der Waals surface area contributed by atoms with Crippen LogP contribution in [0.1, 0.15) is 17.9 Å². The maximum Gasteiger partial charge on any atom is 0.0816 e. The van der Waals surface area contributed by atoms with Crippen LogP contribution in [0, 0.1) is 0 Å². The molecule has 0 bridgehead atoms. The fourth-order valence-electron chi connectivity index (χ4n) is 2.10. The molecule has 1 aromatic carbocycles. The molecular weight excluding hydrogens is 254 g/mol. The van der Waals surface area contributed by atoms with Crippen molar-refractivity contribution in [3.05, 3.63) is 35.9 Å². The number of hydrogen-bond acceptors (Lipinski definition) is 3. The van der Waals surface area contributed by atoms with Gasteiger partial charge in [0.05, 0.1) is 4.99 Å². The quantitative estimate of drug-likeness (QED) is 0.737. The molecule has 0 saturated carbocycles. The highest BCUT2D eigenvalue weighted by Gasteiger charge is 2.16. The number of benzene rings is 1. The molecule has 3 nitrogen and oxygen atoms in total. The van der Waals surface area contributed by atoms with Crippen molar-refractivity contribution < 1.29 is 0 Å². The van der Waals surface area contributed by atoms with Crippen LogP contribution in [0.25, 0.3) is 0 Å². The second-order valence-electron chi connectivity index (χ2n) is 5.28. The van der Waals surface area contributed by atoms with Crippen molar-refractivity contribution >= 4 is 17.2 Å². The number of hydrogen-bond donors (Lipinski definition) is 1. The lowest BCUT2D eigenvalue weighted by Gasteiger charge is -2.24. The van der Waals surface area contributed by atoms with Crippen molar-refractivity contribution in [2.24, 2.45) is 5.73 Å². The first kappa shape index (κ1) is 16.1. The van der Waals surface area contributed by atoms with Crippen LogP contribution in [0.2, 0.25) is 0 Å². The molecule has 0 heterocycles. The Hall–Kier alpha value is -0.970. The molecule has 0 amide bonds. The first-order chi connectivity index (χ1) is 9.00. The molecule has 0 aromatic heterocycles. The molecular formula is C15H25N3S. The van der Waals surface area contributed by atoms with E-state index in [4.69, 9.17) is 18.0 Å². The number of nitrogens with zero attached hydrogens (tertiary/aromatic N) is 2. The van der Waals surface area contributed by atoms with Gasteiger partial charge in [-0.05, 0) is 46.2 Å². The van der Waals surface area contributed by atoms with Crippen LogP contribution in [0.4, 0.5) is 0 Å². The van der Waals surface area contributed by atoms with E-state index < -0.39 is 0 Å². The molecule has 2 N–H and O–H groups in total. The SMILES string of the molecule is CN(C)CCCN(C)CC(C(N)=S)c1ccccc1. The smallest absolute Gasteiger partial charge is 0.0816 e. The number of likely N-dealkylation sites (N-methyl/N-ethyl adjacent to an activating group) is 1. The zero-order chi connectivity index (χ0) is 14.3. The zero-order valence-electron chi connectivity index (χ0n) is 12.2. The van der Waals surface area contributed by atoms with Crippen molar-refractivity contribution in [1.29, 1.82) is 0 Å². The number of rotatable bonds is 8. The molecule has 1 unspecified atom stereocenters.